The maximum Gasteiger partial charge on any atom is 0.123 e. The molecule has 0 amide bonds. The van der Waals surface area contributed by atoms with Gasteiger partial charge in [-0.05, 0) is 23.8 Å². The minimum Gasteiger partial charge on any atom is -0.497 e. The SMILES string of the molecule is COc1cc(OC)cc(-c2c(Cl)[c]ccc2Cl)c1. The van der Waals surface area contributed by atoms with Crippen molar-refractivity contribution in [3.63, 3.8) is 0 Å². The van der Waals surface area contributed by atoms with E-state index in [-0.39, 0.29) is 0 Å². The van der Waals surface area contributed by atoms with Gasteiger partial charge in [0.2, 0.25) is 0 Å². The molecule has 0 heterocycles. The molecule has 18 heavy (non-hydrogen) atoms. The average molecular weight is 282 g/mol. The predicted octanol–water partition coefficient (Wildman–Crippen LogP) is 4.48. The number of halogens is 2. The van der Waals surface area contributed by atoms with Crippen LogP contribution in [0.2, 0.25) is 10.0 Å². The standard InChI is InChI=1S/C14H11Cl2O2/c1-17-10-6-9(7-11(8-10)18-2)14-12(15)4-3-5-13(14)16/h3-4,6-8H,1-2H3. The van der Waals surface area contributed by atoms with E-state index in [0.717, 1.165) is 11.1 Å². The van der Waals surface area contributed by atoms with Gasteiger partial charge < -0.3 is 9.47 Å². The topological polar surface area (TPSA) is 18.5 Å². The van der Waals surface area contributed by atoms with Crippen LogP contribution in [-0.4, -0.2) is 14.2 Å². The van der Waals surface area contributed by atoms with Crippen molar-refractivity contribution in [2.45, 2.75) is 0 Å². The van der Waals surface area contributed by atoms with Gasteiger partial charge in [0.1, 0.15) is 11.5 Å². The summed E-state index contributed by atoms with van der Waals surface area (Å²) in [6.07, 6.45) is 0. The van der Waals surface area contributed by atoms with Crippen molar-refractivity contribution in [3.8, 4) is 22.6 Å². The van der Waals surface area contributed by atoms with Crippen molar-refractivity contribution in [2.24, 2.45) is 0 Å². The zero-order valence-corrected chi connectivity index (χ0v) is 11.5. The second kappa shape index (κ2) is 5.51. The van der Waals surface area contributed by atoms with E-state index in [4.69, 9.17) is 32.7 Å². The van der Waals surface area contributed by atoms with Crippen molar-refractivity contribution in [1.29, 1.82) is 0 Å². The molecule has 2 rings (SSSR count). The summed E-state index contributed by atoms with van der Waals surface area (Å²) in [4.78, 5) is 0. The van der Waals surface area contributed by atoms with Crippen LogP contribution in [0.25, 0.3) is 11.1 Å². The van der Waals surface area contributed by atoms with Crippen LogP contribution in [0.15, 0.2) is 30.3 Å². The summed E-state index contributed by atoms with van der Waals surface area (Å²) in [5.41, 5.74) is 1.55. The van der Waals surface area contributed by atoms with Crippen LogP contribution < -0.4 is 9.47 Å². The number of methoxy groups -OCH3 is 2. The molecular formula is C14H11Cl2O2. The lowest BCUT2D eigenvalue weighted by molar-refractivity contribution is 0.394. The van der Waals surface area contributed by atoms with Gasteiger partial charge in [0.05, 0.1) is 19.2 Å². The zero-order chi connectivity index (χ0) is 13.1. The van der Waals surface area contributed by atoms with Gasteiger partial charge in [0, 0.05) is 22.7 Å². The van der Waals surface area contributed by atoms with E-state index in [0.29, 0.717) is 21.5 Å². The molecule has 4 heteroatoms. The first kappa shape index (κ1) is 13.1. The highest BCUT2D eigenvalue weighted by atomic mass is 35.5. The first-order valence-electron chi connectivity index (χ1n) is 5.25. The van der Waals surface area contributed by atoms with Gasteiger partial charge in [-0.25, -0.2) is 0 Å². The summed E-state index contributed by atoms with van der Waals surface area (Å²) >= 11 is 12.3. The van der Waals surface area contributed by atoms with Gasteiger partial charge in [-0.15, -0.1) is 0 Å². The van der Waals surface area contributed by atoms with Gasteiger partial charge in [-0.1, -0.05) is 29.3 Å². The lowest BCUT2D eigenvalue weighted by Crippen LogP contribution is -1.90. The van der Waals surface area contributed by atoms with Crippen molar-refractivity contribution in [3.05, 3.63) is 46.4 Å². The normalized spacial score (nSPS) is 10.2. The summed E-state index contributed by atoms with van der Waals surface area (Å²) in [7, 11) is 3.19. The van der Waals surface area contributed by atoms with Crippen LogP contribution in [0.5, 0.6) is 11.5 Å². The van der Waals surface area contributed by atoms with Crippen molar-refractivity contribution < 1.29 is 9.47 Å². The highest BCUT2D eigenvalue weighted by molar-refractivity contribution is 6.39. The molecule has 93 valence electrons. The number of hydrogen-bond donors (Lipinski definition) is 0. The Balaban J connectivity index is 2.63. The van der Waals surface area contributed by atoms with E-state index in [9.17, 15) is 0 Å². The van der Waals surface area contributed by atoms with Crippen molar-refractivity contribution >= 4 is 23.2 Å². The molecule has 0 aliphatic rings. The fourth-order valence-electron chi connectivity index (χ4n) is 1.66. The smallest absolute Gasteiger partial charge is 0.123 e. The molecule has 2 nitrogen and oxygen atoms in total. The third kappa shape index (κ3) is 2.55. The Kier molecular flexibility index (Phi) is 4.00. The largest absolute Gasteiger partial charge is 0.497 e. The van der Waals surface area contributed by atoms with Gasteiger partial charge in [0.25, 0.3) is 0 Å². The van der Waals surface area contributed by atoms with Gasteiger partial charge >= 0.3 is 0 Å². The van der Waals surface area contributed by atoms with Gasteiger partial charge in [-0.2, -0.15) is 0 Å². The lowest BCUT2D eigenvalue weighted by atomic mass is 10.0. The lowest BCUT2D eigenvalue weighted by Gasteiger charge is -2.11. The number of ether oxygens (including phenoxy) is 2. The van der Waals surface area contributed by atoms with Gasteiger partial charge in [0.15, 0.2) is 0 Å². The third-order valence-electron chi connectivity index (χ3n) is 2.54. The summed E-state index contributed by atoms with van der Waals surface area (Å²) in [5, 5.41) is 1.03. The van der Waals surface area contributed by atoms with Crippen LogP contribution in [0.4, 0.5) is 0 Å². The Morgan fingerprint density at radius 1 is 1.00 bits per heavy atom. The Morgan fingerprint density at radius 2 is 1.61 bits per heavy atom. The van der Waals surface area contributed by atoms with Crippen LogP contribution in [0.1, 0.15) is 0 Å². The number of rotatable bonds is 3. The maximum absolute atomic E-state index is 6.17. The highest BCUT2D eigenvalue weighted by Crippen LogP contribution is 2.37. The zero-order valence-electron chi connectivity index (χ0n) is 9.96. The third-order valence-corrected chi connectivity index (χ3v) is 3.15. The van der Waals surface area contributed by atoms with E-state index >= 15 is 0 Å². The Hall–Kier alpha value is -1.38. The molecule has 0 spiro atoms. The molecule has 0 saturated heterocycles. The molecule has 2 aromatic rings. The molecular weight excluding hydrogens is 271 g/mol. The van der Waals surface area contributed by atoms with E-state index < -0.39 is 0 Å². The average Bonchev–Trinajstić information content (AvgIpc) is 2.38. The molecule has 0 fully saturated rings. The van der Waals surface area contributed by atoms with Crippen LogP contribution in [0.3, 0.4) is 0 Å². The van der Waals surface area contributed by atoms with Crippen molar-refractivity contribution in [1.82, 2.24) is 0 Å². The molecule has 2 aromatic carbocycles. The second-order valence-corrected chi connectivity index (χ2v) is 4.40. The first-order chi connectivity index (χ1) is 8.65. The fraction of sp³-hybridized carbons (Fsp3) is 0.143. The van der Waals surface area contributed by atoms with Crippen LogP contribution >= 0.6 is 23.2 Å². The fourth-order valence-corrected chi connectivity index (χ4v) is 2.25. The molecule has 0 aliphatic carbocycles. The Labute approximate surface area is 116 Å². The van der Waals surface area contributed by atoms with E-state index in [1.807, 2.05) is 12.1 Å². The summed E-state index contributed by atoms with van der Waals surface area (Å²) in [6.45, 7) is 0. The van der Waals surface area contributed by atoms with E-state index in [1.54, 1.807) is 32.4 Å². The molecule has 1 radical (unpaired) electrons. The molecule has 0 unspecified atom stereocenters. The second-order valence-electron chi connectivity index (χ2n) is 3.62. The minimum atomic E-state index is 0.470. The van der Waals surface area contributed by atoms with E-state index in [1.165, 1.54) is 0 Å². The molecule has 0 atom stereocenters. The first-order valence-corrected chi connectivity index (χ1v) is 6.00. The molecule has 0 aromatic heterocycles. The Morgan fingerprint density at radius 3 is 2.11 bits per heavy atom. The highest BCUT2D eigenvalue weighted by Gasteiger charge is 2.11. The molecule has 0 saturated carbocycles. The van der Waals surface area contributed by atoms with Crippen LogP contribution in [-0.2, 0) is 0 Å². The van der Waals surface area contributed by atoms with Crippen molar-refractivity contribution in [2.75, 3.05) is 14.2 Å². The summed E-state index contributed by atoms with van der Waals surface area (Å²) in [5.74, 6) is 1.36. The maximum atomic E-state index is 6.17. The van der Waals surface area contributed by atoms with E-state index in [2.05, 4.69) is 6.07 Å². The number of hydrogen-bond acceptors (Lipinski definition) is 2. The van der Waals surface area contributed by atoms with Gasteiger partial charge in [-0.3, -0.25) is 0 Å². The summed E-state index contributed by atoms with van der Waals surface area (Å²) < 4.78 is 10.4. The van der Waals surface area contributed by atoms with Crippen LogP contribution in [0, 0.1) is 6.07 Å². The molecule has 0 N–H and O–H groups in total. The summed E-state index contributed by atoms with van der Waals surface area (Å²) in [6, 6.07) is 11.8. The predicted molar refractivity (Wildman–Crippen MR) is 73.8 cm³/mol. The monoisotopic (exact) mass is 281 g/mol. The molecule has 0 bridgehead atoms. The minimum absolute atomic E-state index is 0.470. The Bertz CT molecular complexity index is 525. The number of benzene rings is 2. The quantitative estimate of drug-likeness (QED) is 0.826. The molecule has 0 aliphatic heterocycles.